The van der Waals surface area contributed by atoms with Crippen LogP contribution in [0.2, 0.25) is 0 Å². The van der Waals surface area contributed by atoms with Crippen LogP contribution < -0.4 is 15.4 Å². The van der Waals surface area contributed by atoms with Gasteiger partial charge in [-0.3, -0.25) is 4.79 Å². The number of amides is 1. The third-order valence-electron chi connectivity index (χ3n) is 3.67. The van der Waals surface area contributed by atoms with Crippen LogP contribution >= 0.6 is 0 Å². The molecule has 0 spiro atoms. The molecule has 3 aromatic rings. The standard InChI is InChI=1S/C21H21N3O2/c1-2-14-22-20-13-8-16(15-23-20)21(25)24-17-9-11-19(12-10-17)26-18-6-4-3-5-7-18/h3-13,15H,2,14H2,1H3,(H,22,23)(H,24,25). The fourth-order valence-electron chi connectivity index (χ4n) is 2.32. The van der Waals surface area contributed by atoms with Crippen LogP contribution in [0.4, 0.5) is 11.5 Å². The maximum Gasteiger partial charge on any atom is 0.257 e. The SMILES string of the molecule is CCCNc1ccc(C(=O)Nc2ccc(Oc3ccccc3)cc2)cn1. The Hall–Kier alpha value is -3.34. The molecule has 0 unspecified atom stereocenters. The number of benzene rings is 2. The summed E-state index contributed by atoms with van der Waals surface area (Å²) in [6.45, 7) is 2.95. The van der Waals surface area contributed by atoms with Gasteiger partial charge in [0.05, 0.1) is 5.56 Å². The van der Waals surface area contributed by atoms with Crippen LogP contribution in [0.1, 0.15) is 23.7 Å². The number of carbonyl (C=O) groups is 1. The van der Waals surface area contributed by atoms with Gasteiger partial charge in [-0.15, -0.1) is 0 Å². The van der Waals surface area contributed by atoms with E-state index in [1.54, 1.807) is 30.5 Å². The number of para-hydroxylation sites is 1. The molecular weight excluding hydrogens is 326 g/mol. The van der Waals surface area contributed by atoms with Gasteiger partial charge in [-0.1, -0.05) is 25.1 Å². The number of aromatic nitrogens is 1. The van der Waals surface area contributed by atoms with Crippen LogP contribution in [0.5, 0.6) is 11.5 Å². The fraction of sp³-hybridized carbons (Fsp3) is 0.143. The molecule has 0 aliphatic heterocycles. The fourth-order valence-corrected chi connectivity index (χ4v) is 2.32. The van der Waals surface area contributed by atoms with Crippen LogP contribution in [0.3, 0.4) is 0 Å². The first kappa shape index (κ1) is 17.5. The predicted molar refractivity (Wildman–Crippen MR) is 104 cm³/mol. The van der Waals surface area contributed by atoms with E-state index in [4.69, 9.17) is 4.74 Å². The molecule has 2 aromatic carbocycles. The summed E-state index contributed by atoms with van der Waals surface area (Å²) in [5.41, 5.74) is 1.21. The molecule has 0 fully saturated rings. The van der Waals surface area contributed by atoms with Gasteiger partial charge < -0.3 is 15.4 Å². The lowest BCUT2D eigenvalue weighted by atomic mass is 10.2. The highest BCUT2D eigenvalue weighted by Crippen LogP contribution is 2.22. The quantitative estimate of drug-likeness (QED) is 0.635. The van der Waals surface area contributed by atoms with E-state index < -0.39 is 0 Å². The molecule has 0 aliphatic carbocycles. The van der Waals surface area contributed by atoms with Crippen molar-refractivity contribution in [2.75, 3.05) is 17.2 Å². The largest absolute Gasteiger partial charge is 0.457 e. The summed E-state index contributed by atoms with van der Waals surface area (Å²) in [6, 6.07) is 20.4. The lowest BCUT2D eigenvalue weighted by molar-refractivity contribution is 0.102. The van der Waals surface area contributed by atoms with E-state index in [0.717, 1.165) is 24.5 Å². The molecule has 0 atom stereocenters. The molecule has 0 saturated carbocycles. The van der Waals surface area contributed by atoms with Gasteiger partial charge in [-0.2, -0.15) is 0 Å². The number of nitrogens with zero attached hydrogens (tertiary/aromatic N) is 1. The molecule has 0 saturated heterocycles. The Morgan fingerprint density at radius 3 is 2.35 bits per heavy atom. The third kappa shape index (κ3) is 4.83. The Morgan fingerprint density at radius 2 is 1.69 bits per heavy atom. The number of carbonyl (C=O) groups excluding carboxylic acids is 1. The van der Waals surface area contributed by atoms with E-state index in [1.807, 2.05) is 42.5 Å². The van der Waals surface area contributed by atoms with E-state index in [2.05, 4.69) is 22.5 Å². The number of anilines is 2. The Labute approximate surface area is 153 Å². The topological polar surface area (TPSA) is 63.2 Å². The van der Waals surface area contributed by atoms with Gasteiger partial charge in [-0.05, 0) is 55.0 Å². The van der Waals surface area contributed by atoms with Crippen LogP contribution in [-0.4, -0.2) is 17.4 Å². The minimum atomic E-state index is -0.198. The number of ether oxygens (including phenoxy) is 1. The van der Waals surface area contributed by atoms with Gasteiger partial charge in [-0.25, -0.2) is 4.98 Å². The first-order valence-electron chi connectivity index (χ1n) is 8.59. The molecule has 1 amide bonds. The van der Waals surface area contributed by atoms with Crippen molar-refractivity contribution in [1.29, 1.82) is 0 Å². The zero-order valence-electron chi connectivity index (χ0n) is 14.6. The summed E-state index contributed by atoms with van der Waals surface area (Å²) in [7, 11) is 0. The summed E-state index contributed by atoms with van der Waals surface area (Å²) in [5, 5.41) is 6.04. The molecule has 0 bridgehead atoms. The van der Waals surface area contributed by atoms with Crippen molar-refractivity contribution in [3.8, 4) is 11.5 Å². The maximum atomic E-state index is 12.3. The van der Waals surface area contributed by atoms with Gasteiger partial charge in [0.15, 0.2) is 0 Å². The summed E-state index contributed by atoms with van der Waals surface area (Å²) in [5.74, 6) is 2.05. The van der Waals surface area contributed by atoms with Crippen LogP contribution in [0, 0.1) is 0 Å². The highest BCUT2D eigenvalue weighted by Gasteiger charge is 2.07. The van der Waals surface area contributed by atoms with Gasteiger partial charge >= 0.3 is 0 Å². The minimum absolute atomic E-state index is 0.198. The van der Waals surface area contributed by atoms with Crippen molar-refractivity contribution in [2.45, 2.75) is 13.3 Å². The molecule has 132 valence electrons. The number of hydrogen-bond donors (Lipinski definition) is 2. The Balaban J connectivity index is 1.59. The summed E-state index contributed by atoms with van der Waals surface area (Å²) >= 11 is 0. The van der Waals surface area contributed by atoms with Gasteiger partial charge in [0.1, 0.15) is 17.3 Å². The lowest BCUT2D eigenvalue weighted by Crippen LogP contribution is -2.12. The van der Waals surface area contributed by atoms with Crippen LogP contribution in [-0.2, 0) is 0 Å². The van der Waals surface area contributed by atoms with Gasteiger partial charge in [0.2, 0.25) is 0 Å². The summed E-state index contributed by atoms with van der Waals surface area (Å²) < 4.78 is 5.74. The summed E-state index contributed by atoms with van der Waals surface area (Å²) in [4.78, 5) is 16.6. The highest BCUT2D eigenvalue weighted by atomic mass is 16.5. The number of pyridine rings is 1. The molecule has 3 rings (SSSR count). The first-order chi connectivity index (χ1) is 12.7. The third-order valence-corrected chi connectivity index (χ3v) is 3.67. The number of rotatable bonds is 7. The van der Waals surface area contributed by atoms with E-state index in [0.29, 0.717) is 17.0 Å². The average molecular weight is 347 g/mol. The first-order valence-corrected chi connectivity index (χ1v) is 8.59. The van der Waals surface area contributed by atoms with Crippen molar-refractivity contribution in [2.24, 2.45) is 0 Å². The molecular formula is C21H21N3O2. The van der Waals surface area contributed by atoms with E-state index in [-0.39, 0.29) is 5.91 Å². The van der Waals surface area contributed by atoms with Crippen molar-refractivity contribution in [1.82, 2.24) is 4.98 Å². The van der Waals surface area contributed by atoms with E-state index >= 15 is 0 Å². The minimum Gasteiger partial charge on any atom is -0.457 e. The zero-order valence-corrected chi connectivity index (χ0v) is 14.6. The maximum absolute atomic E-state index is 12.3. The smallest absolute Gasteiger partial charge is 0.257 e. The normalized spacial score (nSPS) is 10.2. The molecule has 26 heavy (non-hydrogen) atoms. The second-order valence-corrected chi connectivity index (χ2v) is 5.75. The zero-order chi connectivity index (χ0) is 18.2. The number of hydrogen-bond acceptors (Lipinski definition) is 4. The van der Waals surface area contributed by atoms with E-state index in [9.17, 15) is 4.79 Å². The van der Waals surface area contributed by atoms with Crippen molar-refractivity contribution < 1.29 is 9.53 Å². The Morgan fingerprint density at radius 1 is 0.962 bits per heavy atom. The van der Waals surface area contributed by atoms with Crippen molar-refractivity contribution in [3.05, 3.63) is 78.5 Å². The molecule has 2 N–H and O–H groups in total. The van der Waals surface area contributed by atoms with Gasteiger partial charge in [0, 0.05) is 18.4 Å². The lowest BCUT2D eigenvalue weighted by Gasteiger charge is -2.09. The van der Waals surface area contributed by atoms with Crippen LogP contribution in [0.25, 0.3) is 0 Å². The Kier molecular flexibility index (Phi) is 5.83. The average Bonchev–Trinajstić information content (AvgIpc) is 2.69. The monoisotopic (exact) mass is 347 g/mol. The number of nitrogens with one attached hydrogen (secondary N) is 2. The second-order valence-electron chi connectivity index (χ2n) is 5.75. The molecule has 5 heteroatoms. The summed E-state index contributed by atoms with van der Waals surface area (Å²) in [6.07, 6.45) is 2.59. The highest BCUT2D eigenvalue weighted by molar-refractivity contribution is 6.04. The van der Waals surface area contributed by atoms with E-state index in [1.165, 1.54) is 0 Å². The molecule has 1 heterocycles. The molecule has 0 aliphatic rings. The Bertz CT molecular complexity index is 831. The molecule has 0 radical (unpaired) electrons. The second kappa shape index (κ2) is 8.67. The molecule has 1 aromatic heterocycles. The van der Waals surface area contributed by atoms with Crippen LogP contribution in [0.15, 0.2) is 72.9 Å². The van der Waals surface area contributed by atoms with Gasteiger partial charge in [0.25, 0.3) is 5.91 Å². The van der Waals surface area contributed by atoms with Crippen molar-refractivity contribution >= 4 is 17.4 Å². The van der Waals surface area contributed by atoms with Crippen molar-refractivity contribution in [3.63, 3.8) is 0 Å². The predicted octanol–water partition coefficient (Wildman–Crippen LogP) is 4.95. The molecule has 5 nitrogen and oxygen atoms in total.